The van der Waals surface area contributed by atoms with Gasteiger partial charge in [-0.25, -0.2) is 4.79 Å². The van der Waals surface area contributed by atoms with Crippen LogP contribution < -0.4 is 25.4 Å². The molecule has 0 aliphatic heterocycles. The summed E-state index contributed by atoms with van der Waals surface area (Å²) in [6, 6.07) is 2.86. The van der Waals surface area contributed by atoms with Crippen molar-refractivity contribution in [3.8, 4) is 11.5 Å². The molecule has 0 unspecified atom stereocenters. The van der Waals surface area contributed by atoms with Crippen molar-refractivity contribution in [2.24, 2.45) is 29.1 Å². The van der Waals surface area contributed by atoms with E-state index in [0.717, 1.165) is 37.0 Å². The number of hydrogen-bond acceptors (Lipinski definition) is 10. The summed E-state index contributed by atoms with van der Waals surface area (Å²) in [6.07, 6.45) is 10.3. The first-order chi connectivity index (χ1) is 24.3. The Balaban J connectivity index is 1.26. The molecule has 1 aromatic rings. The number of nitrogens with one attached hydrogen (secondary N) is 3. The number of hydrogen-bond donors (Lipinski definition) is 3. The lowest BCUT2D eigenvalue weighted by molar-refractivity contribution is -0.149. The van der Waals surface area contributed by atoms with Gasteiger partial charge in [0.15, 0.2) is 11.5 Å². The molecule has 13 nitrogen and oxygen atoms in total. The fraction of sp³-hybridized carbons (Fsp3) is 0.632. The molecular weight excluding hydrogens is 658 g/mol. The van der Waals surface area contributed by atoms with E-state index in [4.69, 9.17) is 18.9 Å². The monoisotopic (exact) mass is 711 g/mol. The van der Waals surface area contributed by atoms with Gasteiger partial charge in [0.1, 0.15) is 12.1 Å². The average Bonchev–Trinajstić information content (AvgIpc) is 3.06. The molecule has 5 rings (SSSR count). The highest BCUT2D eigenvalue weighted by Gasteiger charge is 2.51. The summed E-state index contributed by atoms with van der Waals surface area (Å²) in [5.41, 5.74) is 0.677. The summed E-state index contributed by atoms with van der Waals surface area (Å²) in [6.45, 7) is 6.57. The van der Waals surface area contributed by atoms with Gasteiger partial charge in [-0.05, 0) is 112 Å². The van der Waals surface area contributed by atoms with Crippen LogP contribution in [0.3, 0.4) is 0 Å². The van der Waals surface area contributed by atoms with Crippen molar-refractivity contribution in [1.29, 1.82) is 0 Å². The molecule has 0 spiro atoms. The Labute approximate surface area is 299 Å². The first kappa shape index (κ1) is 39.4. The Morgan fingerprint density at radius 3 is 2.12 bits per heavy atom. The molecule has 280 valence electrons. The maximum absolute atomic E-state index is 13.1. The van der Waals surface area contributed by atoms with E-state index in [-0.39, 0.29) is 43.4 Å². The van der Waals surface area contributed by atoms with E-state index in [0.29, 0.717) is 23.5 Å². The van der Waals surface area contributed by atoms with Gasteiger partial charge in [-0.2, -0.15) is 0 Å². The lowest BCUT2D eigenvalue weighted by atomic mass is 9.49. The third-order valence-electron chi connectivity index (χ3n) is 10.0. The number of rotatable bonds is 18. The topological polar surface area (TPSA) is 175 Å². The van der Waals surface area contributed by atoms with Crippen molar-refractivity contribution in [2.45, 2.75) is 97.6 Å². The molecule has 0 saturated heterocycles. The zero-order valence-corrected chi connectivity index (χ0v) is 30.4. The summed E-state index contributed by atoms with van der Waals surface area (Å²) in [5.74, 6) is -0.734. The predicted molar refractivity (Wildman–Crippen MR) is 187 cm³/mol. The normalized spacial score (nSPS) is 22.9. The zero-order valence-electron chi connectivity index (χ0n) is 30.4. The number of carbonyl (C=O) groups excluding carboxylic acids is 6. The van der Waals surface area contributed by atoms with Gasteiger partial charge in [0.2, 0.25) is 17.7 Å². The SMILES string of the molecule is CCOC(=O)CC[C@@H](NC(=O)[C@@H](NC(=O)CNC(=O)/C=C/c1ccc(OC(=O)CC23CC4CC(CC(C4)C2)C3)c(OC)c1)C(C)C)C(=O)OCC. The quantitative estimate of drug-likeness (QED) is 0.115. The Morgan fingerprint density at radius 1 is 0.882 bits per heavy atom. The van der Waals surface area contributed by atoms with Crippen LogP contribution in [0, 0.1) is 29.1 Å². The van der Waals surface area contributed by atoms with Crippen molar-refractivity contribution < 1.29 is 47.7 Å². The minimum atomic E-state index is -1.11. The molecule has 0 heterocycles. The van der Waals surface area contributed by atoms with Crippen molar-refractivity contribution in [2.75, 3.05) is 26.9 Å². The fourth-order valence-electron chi connectivity index (χ4n) is 8.25. The number of benzene rings is 1. The molecule has 4 fully saturated rings. The van der Waals surface area contributed by atoms with Crippen molar-refractivity contribution >= 4 is 41.7 Å². The third-order valence-corrected chi connectivity index (χ3v) is 10.0. The van der Waals surface area contributed by atoms with Gasteiger partial charge in [-0.15, -0.1) is 0 Å². The molecule has 0 radical (unpaired) electrons. The molecule has 3 N–H and O–H groups in total. The fourth-order valence-corrected chi connectivity index (χ4v) is 8.25. The van der Waals surface area contributed by atoms with Crippen LogP contribution in [0.4, 0.5) is 0 Å². The predicted octanol–water partition coefficient (Wildman–Crippen LogP) is 3.87. The Bertz CT molecular complexity index is 1440. The maximum atomic E-state index is 13.1. The zero-order chi connectivity index (χ0) is 37.1. The van der Waals surface area contributed by atoms with E-state index in [1.54, 1.807) is 45.9 Å². The highest BCUT2D eigenvalue weighted by molar-refractivity contribution is 5.96. The number of carbonyl (C=O) groups is 6. The summed E-state index contributed by atoms with van der Waals surface area (Å²) < 4.78 is 21.2. The number of methoxy groups -OCH3 is 1. The molecule has 2 atom stereocenters. The number of amides is 3. The molecule has 0 aromatic heterocycles. The first-order valence-electron chi connectivity index (χ1n) is 18.1. The second-order valence-corrected chi connectivity index (χ2v) is 14.5. The van der Waals surface area contributed by atoms with E-state index < -0.39 is 48.3 Å². The minimum Gasteiger partial charge on any atom is -0.493 e. The molecular formula is C38H53N3O10. The Hall–Kier alpha value is -4.42. The van der Waals surface area contributed by atoms with E-state index in [1.807, 2.05) is 0 Å². The summed E-state index contributed by atoms with van der Waals surface area (Å²) in [5, 5.41) is 7.65. The lowest BCUT2D eigenvalue weighted by Crippen LogP contribution is -2.55. The molecule has 4 saturated carbocycles. The van der Waals surface area contributed by atoms with Crippen molar-refractivity contribution in [3.05, 3.63) is 29.8 Å². The van der Waals surface area contributed by atoms with E-state index >= 15 is 0 Å². The Kier molecular flexibility index (Phi) is 14.0. The van der Waals surface area contributed by atoms with Crippen molar-refractivity contribution in [3.63, 3.8) is 0 Å². The lowest BCUT2D eigenvalue weighted by Gasteiger charge is -2.56. The molecule has 13 heteroatoms. The van der Waals surface area contributed by atoms with Crippen LogP contribution in [-0.2, 0) is 38.2 Å². The van der Waals surface area contributed by atoms with Gasteiger partial charge in [0.25, 0.3) is 0 Å². The Morgan fingerprint density at radius 2 is 1.53 bits per heavy atom. The number of esters is 3. The van der Waals surface area contributed by atoms with Gasteiger partial charge in [0.05, 0.1) is 33.3 Å². The van der Waals surface area contributed by atoms with Gasteiger partial charge in [-0.3, -0.25) is 24.0 Å². The van der Waals surface area contributed by atoms with Gasteiger partial charge in [0, 0.05) is 12.5 Å². The van der Waals surface area contributed by atoms with Crippen molar-refractivity contribution in [1.82, 2.24) is 16.0 Å². The standard InChI is InChI=1S/C38H53N3O10/c1-6-49-33(44)13-10-28(37(47)50-7-2)40-36(46)35(23(3)4)41-32(43)22-39-31(42)12-9-24-8-11-29(30(17-24)48-5)51-34(45)21-38-18-25-14-26(19-38)16-27(15-25)20-38/h8-9,11-12,17,23,25-28,35H,6-7,10,13-16,18-22H2,1-5H3,(H,39,42)(H,40,46)(H,41,43)/b12-9+/t25?,26?,27?,28-,35+,38?/m1/s1. The molecule has 3 amide bonds. The van der Waals surface area contributed by atoms with Crippen LogP contribution in [0.1, 0.15) is 91.0 Å². The summed E-state index contributed by atoms with van der Waals surface area (Å²) in [4.78, 5) is 75.7. The van der Waals surface area contributed by atoms with Crippen LogP contribution in [0.25, 0.3) is 6.08 Å². The summed E-state index contributed by atoms with van der Waals surface area (Å²) >= 11 is 0. The second kappa shape index (κ2) is 18.2. The van der Waals surface area contributed by atoms with Crippen LogP contribution >= 0.6 is 0 Å². The largest absolute Gasteiger partial charge is 0.493 e. The van der Waals surface area contributed by atoms with E-state index in [1.165, 1.54) is 38.5 Å². The molecule has 4 aliphatic rings. The van der Waals surface area contributed by atoms with Crippen LogP contribution in [-0.4, -0.2) is 74.6 Å². The van der Waals surface area contributed by atoms with Crippen LogP contribution in [0.2, 0.25) is 0 Å². The molecule has 51 heavy (non-hydrogen) atoms. The second-order valence-electron chi connectivity index (χ2n) is 14.5. The maximum Gasteiger partial charge on any atom is 0.328 e. The third kappa shape index (κ3) is 11.3. The number of ether oxygens (including phenoxy) is 4. The average molecular weight is 712 g/mol. The van der Waals surface area contributed by atoms with Gasteiger partial charge in [-0.1, -0.05) is 19.9 Å². The van der Waals surface area contributed by atoms with E-state index in [9.17, 15) is 28.8 Å². The van der Waals surface area contributed by atoms with Crippen LogP contribution in [0.5, 0.6) is 11.5 Å². The highest BCUT2D eigenvalue weighted by atomic mass is 16.6. The molecule has 1 aromatic carbocycles. The molecule has 4 bridgehead atoms. The smallest absolute Gasteiger partial charge is 0.328 e. The van der Waals surface area contributed by atoms with Gasteiger partial charge >= 0.3 is 17.9 Å². The van der Waals surface area contributed by atoms with Crippen LogP contribution in [0.15, 0.2) is 24.3 Å². The summed E-state index contributed by atoms with van der Waals surface area (Å²) in [7, 11) is 1.48. The minimum absolute atomic E-state index is 0.0357. The first-order valence-corrected chi connectivity index (χ1v) is 18.1. The van der Waals surface area contributed by atoms with E-state index in [2.05, 4.69) is 16.0 Å². The van der Waals surface area contributed by atoms with Gasteiger partial charge < -0.3 is 34.9 Å². The highest BCUT2D eigenvalue weighted by Crippen LogP contribution is 2.61. The molecule has 4 aliphatic carbocycles.